The summed E-state index contributed by atoms with van der Waals surface area (Å²) in [7, 11) is 0. The van der Waals surface area contributed by atoms with Crippen molar-refractivity contribution >= 4 is 23.1 Å². The van der Waals surface area contributed by atoms with Crippen molar-refractivity contribution in [3.63, 3.8) is 0 Å². The van der Waals surface area contributed by atoms with Gasteiger partial charge in [-0.2, -0.15) is 5.26 Å². The first-order valence-electron chi connectivity index (χ1n) is 4.76. The van der Waals surface area contributed by atoms with Crippen molar-refractivity contribution in [1.82, 2.24) is 4.98 Å². The van der Waals surface area contributed by atoms with Crippen LogP contribution in [0.15, 0.2) is 28.5 Å². The maximum Gasteiger partial charge on any atom is 0.102 e. The zero-order valence-electron chi connectivity index (χ0n) is 9.02. The third-order valence-corrected chi connectivity index (χ3v) is 3.92. The summed E-state index contributed by atoms with van der Waals surface area (Å²) in [6.07, 6.45) is 1.98. The molecule has 0 saturated carbocycles. The lowest BCUT2D eigenvalue weighted by atomic mass is 10.2. The van der Waals surface area contributed by atoms with E-state index in [1.54, 1.807) is 23.1 Å². The summed E-state index contributed by atoms with van der Waals surface area (Å²) in [4.78, 5) is 6.61. The van der Waals surface area contributed by atoms with Gasteiger partial charge >= 0.3 is 0 Å². The standard InChI is InChI=1S/C12H10N2S2/c1-8-9(7-13)12(15-2)6-10(14-8)11-4-3-5-16-11/h3-6H,1-2H3. The van der Waals surface area contributed by atoms with E-state index in [0.717, 1.165) is 21.2 Å². The number of hydrogen-bond donors (Lipinski definition) is 0. The molecule has 2 aromatic heterocycles. The predicted octanol–water partition coefficient (Wildman–Crippen LogP) is 3.71. The molecule has 0 atom stereocenters. The third-order valence-electron chi connectivity index (χ3n) is 2.27. The summed E-state index contributed by atoms with van der Waals surface area (Å²) >= 11 is 3.25. The van der Waals surface area contributed by atoms with Gasteiger partial charge in [0, 0.05) is 4.90 Å². The highest BCUT2D eigenvalue weighted by Gasteiger charge is 2.10. The number of thiophene rings is 1. The molecule has 16 heavy (non-hydrogen) atoms. The van der Waals surface area contributed by atoms with Gasteiger partial charge in [-0.25, -0.2) is 0 Å². The number of hydrogen-bond acceptors (Lipinski definition) is 4. The Labute approximate surface area is 103 Å². The van der Waals surface area contributed by atoms with Gasteiger partial charge in [0.1, 0.15) is 6.07 Å². The summed E-state index contributed by atoms with van der Waals surface area (Å²) in [5.41, 5.74) is 2.45. The Hall–Kier alpha value is -1.31. The maximum atomic E-state index is 9.05. The first kappa shape index (κ1) is 11.2. The molecule has 0 aromatic carbocycles. The highest BCUT2D eigenvalue weighted by atomic mass is 32.2. The van der Waals surface area contributed by atoms with E-state index in [9.17, 15) is 0 Å². The Kier molecular flexibility index (Phi) is 3.28. The van der Waals surface area contributed by atoms with E-state index < -0.39 is 0 Å². The minimum absolute atomic E-state index is 0.688. The number of rotatable bonds is 2. The molecule has 0 fully saturated rings. The first-order valence-corrected chi connectivity index (χ1v) is 6.86. The molecule has 0 amide bonds. The van der Waals surface area contributed by atoms with Crippen LogP contribution in [0.5, 0.6) is 0 Å². The van der Waals surface area contributed by atoms with Crippen molar-refractivity contribution in [3.05, 3.63) is 34.8 Å². The van der Waals surface area contributed by atoms with Crippen LogP contribution in [0.25, 0.3) is 10.6 Å². The Morgan fingerprint density at radius 1 is 1.50 bits per heavy atom. The maximum absolute atomic E-state index is 9.05. The van der Waals surface area contributed by atoms with E-state index in [2.05, 4.69) is 11.1 Å². The van der Waals surface area contributed by atoms with E-state index in [1.807, 2.05) is 36.8 Å². The normalized spacial score (nSPS) is 10.1. The van der Waals surface area contributed by atoms with Gasteiger partial charge in [0.25, 0.3) is 0 Å². The second-order valence-electron chi connectivity index (χ2n) is 3.26. The van der Waals surface area contributed by atoms with Crippen molar-refractivity contribution in [2.24, 2.45) is 0 Å². The quantitative estimate of drug-likeness (QED) is 0.758. The molecule has 2 rings (SSSR count). The zero-order chi connectivity index (χ0) is 11.5. The Morgan fingerprint density at radius 3 is 2.88 bits per heavy atom. The molecule has 2 aromatic rings. The van der Waals surface area contributed by atoms with E-state index in [4.69, 9.17) is 5.26 Å². The smallest absolute Gasteiger partial charge is 0.102 e. The summed E-state index contributed by atoms with van der Waals surface area (Å²) < 4.78 is 0. The van der Waals surface area contributed by atoms with E-state index >= 15 is 0 Å². The molecular weight excluding hydrogens is 236 g/mol. The molecule has 0 saturated heterocycles. The average molecular weight is 246 g/mol. The summed E-state index contributed by atoms with van der Waals surface area (Å²) in [6.45, 7) is 1.88. The second kappa shape index (κ2) is 4.69. The van der Waals surface area contributed by atoms with Crippen LogP contribution in [0.3, 0.4) is 0 Å². The van der Waals surface area contributed by atoms with Crippen molar-refractivity contribution in [3.8, 4) is 16.6 Å². The molecule has 0 unspecified atom stereocenters. The lowest BCUT2D eigenvalue weighted by Crippen LogP contribution is -1.93. The molecular formula is C12H10N2S2. The van der Waals surface area contributed by atoms with Crippen LogP contribution in [0, 0.1) is 18.3 Å². The summed E-state index contributed by atoms with van der Waals surface area (Å²) in [6, 6.07) is 8.25. The van der Waals surface area contributed by atoms with Gasteiger partial charge in [-0.15, -0.1) is 23.1 Å². The van der Waals surface area contributed by atoms with Gasteiger partial charge < -0.3 is 0 Å². The molecule has 0 bridgehead atoms. The molecule has 2 heterocycles. The van der Waals surface area contributed by atoms with E-state index in [0.29, 0.717) is 5.56 Å². The van der Waals surface area contributed by atoms with Crippen molar-refractivity contribution in [1.29, 1.82) is 5.26 Å². The molecule has 0 radical (unpaired) electrons. The number of nitriles is 1. The molecule has 80 valence electrons. The van der Waals surface area contributed by atoms with Gasteiger partial charge in [0.2, 0.25) is 0 Å². The topological polar surface area (TPSA) is 36.7 Å². The number of thioether (sulfide) groups is 1. The molecule has 0 aliphatic heterocycles. The van der Waals surface area contributed by atoms with Crippen LogP contribution in [0.2, 0.25) is 0 Å². The fraction of sp³-hybridized carbons (Fsp3) is 0.167. The van der Waals surface area contributed by atoms with Crippen molar-refractivity contribution < 1.29 is 0 Å². The predicted molar refractivity (Wildman–Crippen MR) is 68.8 cm³/mol. The van der Waals surface area contributed by atoms with Crippen LogP contribution in [0.1, 0.15) is 11.3 Å². The monoisotopic (exact) mass is 246 g/mol. The van der Waals surface area contributed by atoms with Gasteiger partial charge in [-0.1, -0.05) is 6.07 Å². The van der Waals surface area contributed by atoms with Crippen LogP contribution < -0.4 is 0 Å². The Morgan fingerprint density at radius 2 is 2.31 bits per heavy atom. The highest BCUT2D eigenvalue weighted by molar-refractivity contribution is 7.98. The molecule has 2 nitrogen and oxygen atoms in total. The SMILES string of the molecule is CSc1cc(-c2cccs2)nc(C)c1C#N. The van der Waals surface area contributed by atoms with Crippen LogP contribution >= 0.6 is 23.1 Å². The van der Waals surface area contributed by atoms with E-state index in [1.165, 1.54) is 0 Å². The minimum Gasteiger partial charge on any atom is -0.251 e. The Balaban J connectivity index is 2.60. The van der Waals surface area contributed by atoms with Crippen LogP contribution in [-0.2, 0) is 0 Å². The summed E-state index contributed by atoms with van der Waals surface area (Å²) in [5.74, 6) is 0. The fourth-order valence-electron chi connectivity index (χ4n) is 1.49. The van der Waals surface area contributed by atoms with Crippen LogP contribution in [0.4, 0.5) is 0 Å². The van der Waals surface area contributed by atoms with E-state index in [-0.39, 0.29) is 0 Å². The zero-order valence-corrected chi connectivity index (χ0v) is 10.7. The molecule has 0 aliphatic carbocycles. The largest absolute Gasteiger partial charge is 0.251 e. The van der Waals surface area contributed by atoms with Crippen molar-refractivity contribution in [2.75, 3.05) is 6.26 Å². The lowest BCUT2D eigenvalue weighted by Gasteiger charge is -2.06. The van der Waals surface area contributed by atoms with Gasteiger partial charge in [-0.05, 0) is 30.7 Å². The van der Waals surface area contributed by atoms with Gasteiger partial charge in [0.05, 0.1) is 21.8 Å². The number of pyridine rings is 1. The number of nitrogens with zero attached hydrogens (tertiary/aromatic N) is 2. The number of aromatic nitrogens is 1. The fourth-order valence-corrected chi connectivity index (χ4v) is 2.80. The number of aryl methyl sites for hydroxylation is 1. The first-order chi connectivity index (χ1) is 7.76. The third kappa shape index (κ3) is 1.97. The van der Waals surface area contributed by atoms with Crippen molar-refractivity contribution in [2.45, 2.75) is 11.8 Å². The summed E-state index contributed by atoms with van der Waals surface area (Å²) in [5, 5.41) is 11.1. The molecule has 0 N–H and O–H groups in total. The molecule has 4 heteroatoms. The molecule has 0 aliphatic rings. The molecule has 0 spiro atoms. The Bertz CT molecular complexity index is 539. The second-order valence-corrected chi connectivity index (χ2v) is 5.06. The lowest BCUT2D eigenvalue weighted by molar-refractivity contribution is 1.14. The average Bonchev–Trinajstić information content (AvgIpc) is 2.81. The van der Waals surface area contributed by atoms with Crippen LogP contribution in [-0.4, -0.2) is 11.2 Å². The highest BCUT2D eigenvalue weighted by Crippen LogP contribution is 2.29. The van der Waals surface area contributed by atoms with Gasteiger partial charge in [0.15, 0.2) is 0 Å². The van der Waals surface area contributed by atoms with Gasteiger partial charge in [-0.3, -0.25) is 4.98 Å². The minimum atomic E-state index is 0.688.